The average Bonchev–Trinajstić information content (AvgIpc) is 1.96. The van der Waals surface area contributed by atoms with E-state index in [1.807, 2.05) is 13.8 Å². The lowest BCUT2D eigenvalue weighted by molar-refractivity contribution is 0.162. The van der Waals surface area contributed by atoms with Crippen molar-refractivity contribution in [3.05, 3.63) is 0 Å². The molecule has 0 radical (unpaired) electrons. The van der Waals surface area contributed by atoms with E-state index >= 15 is 0 Å². The van der Waals surface area contributed by atoms with Crippen LogP contribution in [0.2, 0.25) is 0 Å². The number of aliphatic hydroxyl groups is 1. The van der Waals surface area contributed by atoms with Gasteiger partial charge < -0.3 is 21.5 Å². The number of rotatable bonds is 2. The SMILES string of the molecule is CCOCC.CO.ClCCl.N.O. The van der Waals surface area contributed by atoms with Gasteiger partial charge in [0.15, 0.2) is 0 Å². The van der Waals surface area contributed by atoms with E-state index in [9.17, 15) is 0 Å². The Labute approximate surface area is 84.7 Å². The van der Waals surface area contributed by atoms with Crippen LogP contribution in [0.1, 0.15) is 13.8 Å². The first-order chi connectivity index (χ1) is 4.83. The van der Waals surface area contributed by atoms with Crippen molar-refractivity contribution >= 4 is 23.2 Å². The second-order valence-electron chi connectivity index (χ2n) is 0.882. The molecular formula is C6H21Cl2NO3. The van der Waals surface area contributed by atoms with Gasteiger partial charge in [-0.25, -0.2) is 0 Å². The Kier molecular flexibility index (Phi) is 156. The van der Waals surface area contributed by atoms with Crippen molar-refractivity contribution in [2.45, 2.75) is 13.8 Å². The van der Waals surface area contributed by atoms with E-state index in [2.05, 4.69) is 0 Å². The molecule has 0 aromatic carbocycles. The third-order valence-corrected chi connectivity index (χ3v) is 0.408. The van der Waals surface area contributed by atoms with Gasteiger partial charge in [-0.15, -0.1) is 23.2 Å². The highest BCUT2D eigenvalue weighted by Gasteiger charge is 1.64. The Balaban J connectivity index is -0.0000000209. The van der Waals surface area contributed by atoms with E-state index in [4.69, 9.17) is 33.0 Å². The first kappa shape index (κ1) is 29.4. The van der Waals surface area contributed by atoms with Crippen molar-refractivity contribution in [1.82, 2.24) is 6.15 Å². The van der Waals surface area contributed by atoms with Crippen LogP contribution in [-0.4, -0.2) is 36.2 Å². The van der Waals surface area contributed by atoms with Crippen LogP contribution in [0.5, 0.6) is 0 Å². The van der Waals surface area contributed by atoms with Crippen LogP contribution in [0, 0.1) is 0 Å². The van der Waals surface area contributed by atoms with Gasteiger partial charge in [0, 0.05) is 20.3 Å². The van der Waals surface area contributed by atoms with Crippen molar-refractivity contribution in [3.8, 4) is 0 Å². The lowest BCUT2D eigenvalue weighted by Gasteiger charge is -1.86. The maximum absolute atomic E-state index is 7.00. The van der Waals surface area contributed by atoms with Crippen molar-refractivity contribution in [2.75, 3.05) is 25.7 Å². The van der Waals surface area contributed by atoms with E-state index in [-0.39, 0.29) is 17.0 Å². The maximum Gasteiger partial charge on any atom is 0.0967 e. The molecule has 0 aliphatic rings. The fourth-order valence-corrected chi connectivity index (χ4v) is 0.204. The average molecular weight is 226 g/mol. The van der Waals surface area contributed by atoms with Gasteiger partial charge >= 0.3 is 0 Å². The standard InChI is InChI=1S/C4H10O.CH2Cl2.CH4O.H3N.H2O/c1-3-5-4-2;2-1-3;1-2;;/h3-4H2,1-2H3;1H2;2H,1H3;1H3;1H2. The minimum atomic E-state index is 0. The third kappa shape index (κ3) is 158. The molecule has 0 fully saturated rings. The second kappa shape index (κ2) is 63.5. The number of aliphatic hydroxyl groups excluding tert-OH is 1. The highest BCUT2D eigenvalue weighted by Crippen LogP contribution is 1.73. The van der Waals surface area contributed by atoms with Crippen LogP contribution < -0.4 is 6.15 Å². The van der Waals surface area contributed by atoms with Crippen molar-refractivity contribution in [2.24, 2.45) is 0 Å². The summed E-state index contributed by atoms with van der Waals surface area (Å²) in [6.45, 7) is 5.67. The molecular weight excluding hydrogens is 205 g/mol. The van der Waals surface area contributed by atoms with Gasteiger partial charge in [0.2, 0.25) is 0 Å². The number of hydrogen-bond acceptors (Lipinski definition) is 3. The summed E-state index contributed by atoms with van der Waals surface area (Å²) in [5.41, 5.74) is 0. The fourth-order valence-electron chi connectivity index (χ4n) is 0.204. The first-order valence-electron chi connectivity index (χ1n) is 2.97. The molecule has 0 spiro atoms. The molecule has 0 atom stereocenters. The molecule has 0 amide bonds. The molecule has 0 aliphatic carbocycles. The Bertz CT molecular complexity index is 34.8. The van der Waals surface area contributed by atoms with Crippen molar-refractivity contribution < 1.29 is 15.3 Å². The summed E-state index contributed by atoms with van der Waals surface area (Å²) in [5.74, 6) is 0. The molecule has 6 heteroatoms. The van der Waals surface area contributed by atoms with Crippen molar-refractivity contribution in [1.29, 1.82) is 0 Å². The zero-order valence-electron chi connectivity index (χ0n) is 7.94. The molecule has 82 valence electrons. The van der Waals surface area contributed by atoms with Gasteiger partial charge in [-0.1, -0.05) is 0 Å². The molecule has 0 aromatic rings. The summed E-state index contributed by atoms with van der Waals surface area (Å²) in [6, 6.07) is 0. The highest BCUT2D eigenvalue weighted by molar-refractivity contribution is 6.40. The molecule has 0 bridgehead atoms. The third-order valence-electron chi connectivity index (χ3n) is 0.408. The van der Waals surface area contributed by atoms with Crippen LogP contribution >= 0.6 is 23.2 Å². The van der Waals surface area contributed by atoms with Crippen LogP contribution in [0.3, 0.4) is 0 Å². The summed E-state index contributed by atoms with van der Waals surface area (Å²) in [6.07, 6.45) is 0. The summed E-state index contributed by atoms with van der Waals surface area (Å²) in [5, 5.41) is 7.19. The fraction of sp³-hybridized carbons (Fsp3) is 1.00. The van der Waals surface area contributed by atoms with Gasteiger partial charge in [0.1, 0.15) is 0 Å². The van der Waals surface area contributed by atoms with Crippen LogP contribution in [0.4, 0.5) is 0 Å². The molecule has 0 aromatic heterocycles. The molecule has 0 rings (SSSR count). The second-order valence-corrected chi connectivity index (χ2v) is 1.69. The molecule has 0 heterocycles. The number of halogens is 2. The molecule has 0 aliphatic heterocycles. The zero-order chi connectivity index (χ0) is 8.83. The Morgan fingerprint density at radius 1 is 1.08 bits per heavy atom. The highest BCUT2D eigenvalue weighted by atomic mass is 35.5. The van der Waals surface area contributed by atoms with E-state index in [0.717, 1.165) is 20.3 Å². The molecule has 0 saturated carbocycles. The topological polar surface area (TPSA) is 96.0 Å². The molecule has 4 nitrogen and oxygen atoms in total. The minimum Gasteiger partial charge on any atom is -0.412 e. The van der Waals surface area contributed by atoms with Gasteiger partial charge in [-0.2, -0.15) is 0 Å². The van der Waals surface area contributed by atoms with E-state index < -0.39 is 0 Å². The van der Waals surface area contributed by atoms with Crippen LogP contribution in [0.15, 0.2) is 0 Å². The number of ether oxygens (including phenoxy) is 1. The summed E-state index contributed by atoms with van der Waals surface area (Å²) >= 11 is 9.53. The predicted octanol–water partition coefficient (Wildman–Crippen LogP) is 1.41. The maximum atomic E-state index is 7.00. The summed E-state index contributed by atoms with van der Waals surface area (Å²) in [7, 11) is 1.00. The summed E-state index contributed by atoms with van der Waals surface area (Å²) in [4.78, 5) is 0. The number of alkyl halides is 2. The predicted molar refractivity (Wildman–Crippen MR) is 55.5 cm³/mol. The Morgan fingerprint density at radius 2 is 1.25 bits per heavy atom. The van der Waals surface area contributed by atoms with E-state index in [1.165, 1.54) is 0 Å². The molecule has 6 N–H and O–H groups in total. The van der Waals surface area contributed by atoms with E-state index in [1.54, 1.807) is 0 Å². The lowest BCUT2D eigenvalue weighted by Crippen LogP contribution is -1.84. The normalized spacial score (nSPS) is 5.50. The van der Waals surface area contributed by atoms with Gasteiger partial charge in [0.05, 0.1) is 5.34 Å². The zero-order valence-corrected chi connectivity index (χ0v) is 9.45. The Morgan fingerprint density at radius 3 is 1.25 bits per heavy atom. The smallest absolute Gasteiger partial charge is 0.0967 e. The molecule has 0 unspecified atom stereocenters. The van der Waals surface area contributed by atoms with Crippen LogP contribution in [-0.2, 0) is 4.74 Å². The van der Waals surface area contributed by atoms with Gasteiger partial charge in [-0.3, -0.25) is 0 Å². The largest absolute Gasteiger partial charge is 0.412 e. The number of hydrogen-bond donors (Lipinski definition) is 2. The lowest BCUT2D eigenvalue weighted by atomic mass is 10.8. The minimum absolute atomic E-state index is 0. The molecule has 0 saturated heterocycles. The Hall–Kier alpha value is 0.420. The van der Waals surface area contributed by atoms with Gasteiger partial charge in [0.25, 0.3) is 0 Å². The summed E-state index contributed by atoms with van der Waals surface area (Å²) < 4.78 is 4.83. The van der Waals surface area contributed by atoms with E-state index in [0.29, 0.717) is 0 Å². The van der Waals surface area contributed by atoms with Crippen LogP contribution in [0.25, 0.3) is 0 Å². The van der Waals surface area contributed by atoms with Gasteiger partial charge in [-0.05, 0) is 13.8 Å². The quantitative estimate of drug-likeness (QED) is 0.696. The van der Waals surface area contributed by atoms with Crippen molar-refractivity contribution in [3.63, 3.8) is 0 Å². The molecule has 12 heavy (non-hydrogen) atoms. The monoisotopic (exact) mass is 225 g/mol. The first-order valence-corrected chi connectivity index (χ1v) is 4.04.